The van der Waals surface area contributed by atoms with Gasteiger partial charge in [0.1, 0.15) is 11.4 Å². The summed E-state index contributed by atoms with van der Waals surface area (Å²) in [6.07, 6.45) is -0.292. The molecule has 0 aliphatic carbocycles. The van der Waals surface area contributed by atoms with Gasteiger partial charge in [-0.15, -0.1) is 0 Å². The molecule has 0 fully saturated rings. The molecule has 1 aromatic carbocycles. The van der Waals surface area contributed by atoms with Crippen LogP contribution in [0.5, 0.6) is 5.75 Å². The lowest BCUT2D eigenvalue weighted by Gasteiger charge is -2.27. The van der Waals surface area contributed by atoms with Crippen molar-refractivity contribution in [3.8, 4) is 5.75 Å². The van der Waals surface area contributed by atoms with Crippen LogP contribution >= 0.6 is 15.9 Å². The first-order valence-electron chi connectivity index (χ1n) is 6.59. The zero-order valence-electron chi connectivity index (χ0n) is 12.5. The summed E-state index contributed by atoms with van der Waals surface area (Å²) in [6, 6.07) is 3.96. The number of carbonyl (C=O) groups excluding carboxylic acids is 1. The van der Waals surface area contributed by atoms with Gasteiger partial charge in [-0.1, -0.05) is 6.07 Å². The summed E-state index contributed by atoms with van der Waals surface area (Å²) in [5, 5.41) is 0. The molecule has 4 nitrogen and oxygen atoms in total. The highest BCUT2D eigenvalue weighted by Crippen LogP contribution is 2.42. The van der Waals surface area contributed by atoms with Gasteiger partial charge in [-0.05, 0) is 55.3 Å². The maximum atomic E-state index is 12.3. The lowest BCUT2D eigenvalue weighted by Crippen LogP contribution is -2.35. The summed E-state index contributed by atoms with van der Waals surface area (Å²) in [4.78, 5) is 14.0. The number of nitrogens with zero attached hydrogens (tertiary/aromatic N) is 1. The second-order valence-electron chi connectivity index (χ2n) is 5.93. The number of hydrogen-bond donors (Lipinski definition) is 0. The Morgan fingerprint density at radius 2 is 2.05 bits per heavy atom. The van der Waals surface area contributed by atoms with Crippen LogP contribution in [-0.2, 0) is 11.3 Å². The number of methoxy groups -OCH3 is 1. The molecular formula is C15H20BrNO3. The average molecular weight is 342 g/mol. The van der Waals surface area contributed by atoms with Gasteiger partial charge in [-0.25, -0.2) is 4.79 Å². The number of rotatable bonds is 1. The van der Waals surface area contributed by atoms with Crippen LogP contribution in [0.15, 0.2) is 16.6 Å². The van der Waals surface area contributed by atoms with Crippen molar-refractivity contribution < 1.29 is 14.3 Å². The predicted molar refractivity (Wildman–Crippen MR) is 80.9 cm³/mol. The highest BCUT2D eigenvalue weighted by atomic mass is 79.9. The molecule has 1 aliphatic rings. The van der Waals surface area contributed by atoms with Gasteiger partial charge < -0.3 is 9.47 Å². The number of halogens is 1. The first-order valence-corrected chi connectivity index (χ1v) is 7.39. The molecule has 0 radical (unpaired) electrons. The van der Waals surface area contributed by atoms with Crippen LogP contribution in [0.1, 0.15) is 44.9 Å². The Labute approximate surface area is 128 Å². The van der Waals surface area contributed by atoms with Crippen LogP contribution in [0.2, 0.25) is 0 Å². The van der Waals surface area contributed by atoms with Crippen molar-refractivity contribution in [2.45, 2.75) is 45.9 Å². The fraction of sp³-hybridized carbons (Fsp3) is 0.533. The molecule has 1 heterocycles. The van der Waals surface area contributed by atoms with E-state index < -0.39 is 5.60 Å². The normalized spacial score (nSPS) is 17.9. The third-order valence-corrected chi connectivity index (χ3v) is 3.95. The van der Waals surface area contributed by atoms with Gasteiger partial charge in [0.05, 0.1) is 24.2 Å². The number of amides is 1. The zero-order valence-corrected chi connectivity index (χ0v) is 14.1. The molecule has 0 bridgehead atoms. The Morgan fingerprint density at radius 1 is 1.40 bits per heavy atom. The highest BCUT2D eigenvalue weighted by Gasteiger charge is 2.35. The number of carbonyl (C=O) groups is 1. The second kappa shape index (κ2) is 5.28. The summed E-state index contributed by atoms with van der Waals surface area (Å²) < 4.78 is 11.8. The van der Waals surface area contributed by atoms with Crippen molar-refractivity contribution in [1.29, 1.82) is 0 Å². The van der Waals surface area contributed by atoms with Gasteiger partial charge in [0.2, 0.25) is 0 Å². The Hall–Kier alpha value is -1.23. The van der Waals surface area contributed by atoms with E-state index in [1.165, 1.54) is 0 Å². The van der Waals surface area contributed by atoms with E-state index in [0.29, 0.717) is 6.54 Å². The molecule has 1 amide bonds. The number of ether oxygens (including phenoxy) is 2. The van der Waals surface area contributed by atoms with E-state index in [1.54, 1.807) is 12.0 Å². The van der Waals surface area contributed by atoms with Crippen molar-refractivity contribution in [2.24, 2.45) is 0 Å². The fourth-order valence-corrected chi connectivity index (χ4v) is 2.94. The Morgan fingerprint density at radius 3 is 2.60 bits per heavy atom. The topological polar surface area (TPSA) is 38.8 Å². The van der Waals surface area contributed by atoms with Crippen molar-refractivity contribution in [3.05, 3.63) is 27.7 Å². The zero-order chi connectivity index (χ0) is 15.1. The van der Waals surface area contributed by atoms with Gasteiger partial charge in [0, 0.05) is 5.56 Å². The SMILES string of the molecule is COc1c(Br)ccc2c1CN(C(=O)OC(C)(C)C)[C@H]2C. The lowest BCUT2D eigenvalue weighted by molar-refractivity contribution is 0.0187. The maximum Gasteiger partial charge on any atom is 0.411 e. The summed E-state index contributed by atoms with van der Waals surface area (Å²) in [7, 11) is 1.64. The van der Waals surface area contributed by atoms with E-state index in [1.807, 2.05) is 39.8 Å². The molecule has 0 spiro atoms. The van der Waals surface area contributed by atoms with E-state index >= 15 is 0 Å². The minimum absolute atomic E-state index is 0.0122. The molecule has 0 saturated carbocycles. The average Bonchev–Trinajstić information content (AvgIpc) is 2.65. The molecule has 110 valence electrons. The minimum atomic E-state index is -0.490. The van der Waals surface area contributed by atoms with Crippen molar-refractivity contribution >= 4 is 22.0 Å². The largest absolute Gasteiger partial charge is 0.495 e. The van der Waals surface area contributed by atoms with Crippen LogP contribution < -0.4 is 4.74 Å². The second-order valence-corrected chi connectivity index (χ2v) is 6.79. The van der Waals surface area contributed by atoms with Crippen molar-refractivity contribution in [3.63, 3.8) is 0 Å². The van der Waals surface area contributed by atoms with Gasteiger partial charge in [0.15, 0.2) is 0 Å². The fourth-order valence-electron chi connectivity index (χ4n) is 2.41. The van der Waals surface area contributed by atoms with E-state index in [9.17, 15) is 4.79 Å². The van der Waals surface area contributed by atoms with Gasteiger partial charge >= 0.3 is 6.09 Å². The monoisotopic (exact) mass is 341 g/mol. The van der Waals surface area contributed by atoms with Crippen molar-refractivity contribution in [2.75, 3.05) is 7.11 Å². The van der Waals surface area contributed by atoms with Crippen LogP contribution in [-0.4, -0.2) is 23.7 Å². The van der Waals surface area contributed by atoms with Crippen LogP contribution in [0.3, 0.4) is 0 Å². The summed E-state index contributed by atoms with van der Waals surface area (Å²) in [5.41, 5.74) is 1.66. The molecule has 5 heteroatoms. The molecule has 1 atom stereocenters. The molecule has 1 aromatic rings. The number of fused-ring (bicyclic) bond motifs is 1. The van der Waals surface area contributed by atoms with Gasteiger partial charge in [-0.3, -0.25) is 4.90 Å². The summed E-state index contributed by atoms with van der Waals surface area (Å²) in [5.74, 6) is 0.792. The molecule has 0 saturated heterocycles. The molecule has 0 aromatic heterocycles. The van der Waals surface area contributed by atoms with Crippen LogP contribution in [0, 0.1) is 0 Å². The lowest BCUT2D eigenvalue weighted by atomic mass is 10.1. The quantitative estimate of drug-likeness (QED) is 0.765. The molecular weight excluding hydrogens is 322 g/mol. The molecule has 20 heavy (non-hydrogen) atoms. The minimum Gasteiger partial charge on any atom is -0.495 e. The Kier molecular flexibility index (Phi) is 4.00. The molecule has 0 N–H and O–H groups in total. The number of benzene rings is 1. The highest BCUT2D eigenvalue weighted by molar-refractivity contribution is 9.10. The summed E-state index contributed by atoms with van der Waals surface area (Å²) in [6.45, 7) is 8.12. The standard InChI is InChI=1S/C15H20BrNO3/c1-9-10-6-7-12(16)13(19-5)11(10)8-17(9)14(18)20-15(2,3)4/h6-7,9H,8H2,1-5H3/t9-/m0/s1. The third kappa shape index (κ3) is 2.77. The van der Waals surface area contributed by atoms with Gasteiger partial charge in [0.25, 0.3) is 0 Å². The van der Waals surface area contributed by atoms with E-state index in [-0.39, 0.29) is 12.1 Å². The Bertz CT molecular complexity index is 537. The van der Waals surface area contributed by atoms with E-state index in [4.69, 9.17) is 9.47 Å². The maximum absolute atomic E-state index is 12.3. The molecule has 0 unspecified atom stereocenters. The number of hydrogen-bond acceptors (Lipinski definition) is 3. The Balaban J connectivity index is 2.29. The van der Waals surface area contributed by atoms with Crippen molar-refractivity contribution in [1.82, 2.24) is 4.90 Å². The third-order valence-electron chi connectivity index (χ3n) is 3.33. The smallest absolute Gasteiger partial charge is 0.411 e. The van der Waals surface area contributed by atoms with Gasteiger partial charge in [-0.2, -0.15) is 0 Å². The van der Waals surface area contributed by atoms with Crippen LogP contribution in [0.25, 0.3) is 0 Å². The summed E-state index contributed by atoms with van der Waals surface area (Å²) >= 11 is 3.48. The van der Waals surface area contributed by atoms with E-state index in [0.717, 1.165) is 21.3 Å². The van der Waals surface area contributed by atoms with Crippen LogP contribution in [0.4, 0.5) is 4.79 Å². The predicted octanol–water partition coefficient (Wildman–Crippen LogP) is 4.27. The first kappa shape index (κ1) is 15.2. The first-order chi connectivity index (χ1) is 9.24. The van der Waals surface area contributed by atoms with E-state index in [2.05, 4.69) is 15.9 Å². The molecule has 2 rings (SSSR count). The molecule has 1 aliphatic heterocycles.